The zero-order valence-corrected chi connectivity index (χ0v) is 10.8. The molecule has 0 aliphatic carbocycles. The van der Waals surface area contributed by atoms with Gasteiger partial charge in [-0.1, -0.05) is 0 Å². The van der Waals surface area contributed by atoms with Gasteiger partial charge in [0, 0.05) is 30.7 Å². The Labute approximate surface area is 112 Å². The van der Waals surface area contributed by atoms with Crippen molar-refractivity contribution in [1.29, 1.82) is 0 Å². The van der Waals surface area contributed by atoms with Gasteiger partial charge < -0.3 is 5.32 Å². The molecule has 0 bridgehead atoms. The van der Waals surface area contributed by atoms with E-state index in [1.165, 1.54) is 18.2 Å². The molecule has 0 aliphatic heterocycles. The third-order valence-corrected chi connectivity index (χ3v) is 2.70. The summed E-state index contributed by atoms with van der Waals surface area (Å²) < 4.78 is 0. The van der Waals surface area contributed by atoms with E-state index in [2.05, 4.69) is 11.2 Å². The standard InChI is InChI=1S/C14H16N2O3/c1-3-4-5-6-9-15-14(17)13-8-7-12(16(18)19)10-11(13)2/h1,7-8,10H,4-6,9H2,2H3,(H,15,17). The number of unbranched alkanes of at least 4 members (excludes halogenated alkanes) is 2. The quantitative estimate of drug-likeness (QED) is 0.369. The number of amides is 1. The highest BCUT2D eigenvalue weighted by Gasteiger charge is 2.12. The summed E-state index contributed by atoms with van der Waals surface area (Å²) in [6.45, 7) is 2.23. The number of aryl methyl sites for hydroxylation is 1. The van der Waals surface area contributed by atoms with E-state index in [1.807, 2.05) is 0 Å². The van der Waals surface area contributed by atoms with Crippen molar-refractivity contribution < 1.29 is 9.72 Å². The zero-order valence-electron chi connectivity index (χ0n) is 10.8. The molecule has 1 aromatic carbocycles. The van der Waals surface area contributed by atoms with Crippen molar-refractivity contribution in [3.05, 3.63) is 39.4 Å². The normalized spacial score (nSPS) is 9.68. The van der Waals surface area contributed by atoms with E-state index < -0.39 is 4.92 Å². The van der Waals surface area contributed by atoms with Gasteiger partial charge in [0.15, 0.2) is 0 Å². The van der Waals surface area contributed by atoms with Gasteiger partial charge in [-0.3, -0.25) is 14.9 Å². The summed E-state index contributed by atoms with van der Waals surface area (Å²) >= 11 is 0. The molecule has 0 aromatic heterocycles. The van der Waals surface area contributed by atoms with Gasteiger partial charge in [-0.2, -0.15) is 0 Å². The lowest BCUT2D eigenvalue weighted by Gasteiger charge is -2.07. The Morgan fingerprint density at radius 3 is 2.79 bits per heavy atom. The van der Waals surface area contributed by atoms with Crippen molar-refractivity contribution in [2.45, 2.75) is 26.2 Å². The maximum atomic E-state index is 11.9. The number of hydrogen-bond acceptors (Lipinski definition) is 3. The third kappa shape index (κ3) is 4.43. The van der Waals surface area contributed by atoms with Gasteiger partial charge in [0.2, 0.25) is 0 Å². The summed E-state index contributed by atoms with van der Waals surface area (Å²) in [5, 5.41) is 13.4. The molecule has 5 nitrogen and oxygen atoms in total. The molecule has 0 radical (unpaired) electrons. The highest BCUT2D eigenvalue weighted by atomic mass is 16.6. The second-order valence-corrected chi connectivity index (χ2v) is 4.17. The van der Waals surface area contributed by atoms with Crippen LogP contribution in [0.4, 0.5) is 5.69 Å². The minimum atomic E-state index is -0.478. The molecular weight excluding hydrogens is 244 g/mol. The van der Waals surface area contributed by atoms with E-state index in [0.717, 1.165) is 12.8 Å². The summed E-state index contributed by atoms with van der Waals surface area (Å²) in [5.41, 5.74) is 1.04. The predicted molar refractivity (Wildman–Crippen MR) is 72.9 cm³/mol. The largest absolute Gasteiger partial charge is 0.352 e. The Hall–Kier alpha value is -2.35. The van der Waals surface area contributed by atoms with E-state index in [9.17, 15) is 14.9 Å². The van der Waals surface area contributed by atoms with E-state index in [1.54, 1.807) is 6.92 Å². The molecule has 0 saturated carbocycles. The summed E-state index contributed by atoms with van der Waals surface area (Å²) in [5.74, 6) is 2.32. The van der Waals surface area contributed by atoms with Gasteiger partial charge >= 0.3 is 0 Å². The first-order valence-electron chi connectivity index (χ1n) is 6.03. The molecule has 0 aliphatic rings. The van der Waals surface area contributed by atoms with Crippen molar-refractivity contribution in [2.24, 2.45) is 0 Å². The van der Waals surface area contributed by atoms with E-state index in [-0.39, 0.29) is 11.6 Å². The highest BCUT2D eigenvalue weighted by molar-refractivity contribution is 5.95. The number of carbonyl (C=O) groups is 1. The smallest absolute Gasteiger partial charge is 0.269 e. The number of benzene rings is 1. The van der Waals surface area contributed by atoms with E-state index in [4.69, 9.17) is 6.42 Å². The molecule has 0 unspecified atom stereocenters. The topological polar surface area (TPSA) is 72.2 Å². The van der Waals surface area contributed by atoms with Crippen LogP contribution in [0.2, 0.25) is 0 Å². The van der Waals surface area contributed by atoms with Crippen LogP contribution in [-0.2, 0) is 0 Å². The molecule has 0 saturated heterocycles. The summed E-state index contributed by atoms with van der Waals surface area (Å²) in [4.78, 5) is 22.0. The molecule has 0 spiro atoms. The number of nitro groups is 1. The lowest BCUT2D eigenvalue weighted by molar-refractivity contribution is -0.384. The summed E-state index contributed by atoms with van der Waals surface area (Å²) in [6.07, 6.45) is 7.52. The maximum absolute atomic E-state index is 11.9. The molecular formula is C14H16N2O3. The fourth-order valence-electron chi connectivity index (χ4n) is 1.67. The molecule has 100 valence electrons. The molecule has 1 rings (SSSR count). The SMILES string of the molecule is C#CCCCCNC(=O)c1ccc([N+](=O)[O-])cc1C. The van der Waals surface area contributed by atoms with Gasteiger partial charge in [0.1, 0.15) is 0 Å². The van der Waals surface area contributed by atoms with Crippen LogP contribution in [0, 0.1) is 29.4 Å². The predicted octanol–water partition coefficient (Wildman–Crippen LogP) is 2.44. The molecule has 1 amide bonds. The Kier molecular flexibility index (Phi) is 5.55. The average molecular weight is 260 g/mol. The van der Waals surface area contributed by atoms with Crippen LogP contribution in [-0.4, -0.2) is 17.4 Å². The first-order chi connectivity index (χ1) is 9.06. The fourth-order valence-corrected chi connectivity index (χ4v) is 1.67. The molecule has 19 heavy (non-hydrogen) atoms. The number of carbonyl (C=O) groups excluding carboxylic acids is 1. The minimum absolute atomic E-state index is 0.0110. The van der Waals surface area contributed by atoms with Crippen LogP contribution >= 0.6 is 0 Å². The number of non-ortho nitro benzene ring substituents is 1. The van der Waals surface area contributed by atoms with E-state index in [0.29, 0.717) is 24.1 Å². The van der Waals surface area contributed by atoms with Crippen LogP contribution < -0.4 is 5.32 Å². The lowest BCUT2D eigenvalue weighted by Crippen LogP contribution is -2.25. The average Bonchev–Trinajstić information content (AvgIpc) is 2.38. The second kappa shape index (κ2) is 7.17. The Morgan fingerprint density at radius 2 is 2.21 bits per heavy atom. The number of hydrogen-bond donors (Lipinski definition) is 1. The van der Waals surface area contributed by atoms with Crippen LogP contribution in [0.25, 0.3) is 0 Å². The summed E-state index contributed by atoms with van der Waals surface area (Å²) in [7, 11) is 0. The third-order valence-electron chi connectivity index (χ3n) is 2.70. The number of nitro benzene ring substituents is 1. The van der Waals surface area contributed by atoms with Gasteiger partial charge in [-0.15, -0.1) is 12.3 Å². The number of nitrogens with one attached hydrogen (secondary N) is 1. The highest BCUT2D eigenvalue weighted by Crippen LogP contribution is 2.16. The zero-order chi connectivity index (χ0) is 14.3. The molecule has 1 N–H and O–H groups in total. The van der Waals surface area contributed by atoms with Crippen molar-refractivity contribution in [2.75, 3.05) is 6.54 Å². The monoisotopic (exact) mass is 260 g/mol. The maximum Gasteiger partial charge on any atom is 0.269 e. The van der Waals surface area contributed by atoms with Gasteiger partial charge in [0.25, 0.3) is 11.6 Å². The first kappa shape index (κ1) is 14.7. The number of terminal acetylenes is 1. The molecule has 1 aromatic rings. The van der Waals surface area contributed by atoms with E-state index >= 15 is 0 Å². The Balaban J connectivity index is 2.58. The van der Waals surface area contributed by atoms with Crippen LogP contribution in [0.5, 0.6) is 0 Å². The van der Waals surface area contributed by atoms with Crippen molar-refractivity contribution in [1.82, 2.24) is 5.32 Å². The summed E-state index contributed by atoms with van der Waals surface area (Å²) in [6, 6.07) is 4.21. The van der Waals surface area contributed by atoms with Gasteiger partial charge in [0.05, 0.1) is 4.92 Å². The number of rotatable bonds is 6. The minimum Gasteiger partial charge on any atom is -0.352 e. The second-order valence-electron chi connectivity index (χ2n) is 4.17. The Morgan fingerprint density at radius 1 is 1.47 bits per heavy atom. The van der Waals surface area contributed by atoms with Crippen molar-refractivity contribution in [3.8, 4) is 12.3 Å². The van der Waals surface area contributed by atoms with Crippen molar-refractivity contribution >= 4 is 11.6 Å². The fraction of sp³-hybridized carbons (Fsp3) is 0.357. The van der Waals surface area contributed by atoms with Crippen LogP contribution in [0.15, 0.2) is 18.2 Å². The molecule has 0 atom stereocenters. The van der Waals surface area contributed by atoms with Gasteiger partial charge in [-0.25, -0.2) is 0 Å². The van der Waals surface area contributed by atoms with Crippen LogP contribution in [0.3, 0.4) is 0 Å². The molecule has 0 fully saturated rings. The first-order valence-corrected chi connectivity index (χ1v) is 6.03. The molecule has 5 heteroatoms. The number of nitrogens with zero attached hydrogens (tertiary/aromatic N) is 1. The molecule has 0 heterocycles. The van der Waals surface area contributed by atoms with Gasteiger partial charge in [-0.05, 0) is 31.4 Å². The Bertz CT molecular complexity index is 518. The van der Waals surface area contributed by atoms with Crippen LogP contribution in [0.1, 0.15) is 35.2 Å². The lowest BCUT2D eigenvalue weighted by atomic mass is 10.1. The van der Waals surface area contributed by atoms with Crippen molar-refractivity contribution in [3.63, 3.8) is 0 Å².